The average molecular weight is 521 g/mol. The molecule has 0 saturated heterocycles. The zero-order valence-corrected chi connectivity index (χ0v) is 19.5. The van der Waals surface area contributed by atoms with E-state index in [-0.39, 0.29) is 11.3 Å². The van der Waals surface area contributed by atoms with Gasteiger partial charge in [-0.2, -0.15) is 5.10 Å². The Morgan fingerprint density at radius 1 is 0.941 bits per heavy atom. The Labute approximate surface area is 204 Å². The Morgan fingerprint density at radius 3 is 2.44 bits per heavy atom. The smallest absolute Gasteiger partial charge is 0.329 e. The second-order valence-corrected chi connectivity index (χ2v) is 7.72. The molecule has 0 unspecified atom stereocenters. The predicted molar refractivity (Wildman–Crippen MR) is 135 cm³/mol. The Morgan fingerprint density at radius 2 is 1.68 bits per heavy atom. The van der Waals surface area contributed by atoms with Crippen LogP contribution in [0.3, 0.4) is 0 Å². The second kappa shape index (κ2) is 12.1. The van der Waals surface area contributed by atoms with E-state index in [1.807, 2.05) is 6.07 Å². The van der Waals surface area contributed by atoms with Crippen LogP contribution in [-0.4, -0.2) is 30.5 Å². The maximum Gasteiger partial charge on any atom is 0.329 e. The molecule has 0 saturated carbocycles. The van der Waals surface area contributed by atoms with Crippen molar-refractivity contribution in [3.8, 4) is 5.75 Å². The fourth-order valence-corrected chi connectivity index (χ4v) is 3.18. The molecule has 172 valence electrons. The molecule has 0 aromatic heterocycles. The highest BCUT2D eigenvalue weighted by Crippen LogP contribution is 2.22. The number of benzene rings is 3. The molecule has 0 fully saturated rings. The molecule has 0 aliphatic carbocycles. The molecule has 0 aliphatic rings. The maximum atomic E-state index is 12.6. The molecule has 8 nitrogen and oxygen atoms in total. The van der Waals surface area contributed by atoms with Gasteiger partial charge in [-0.25, -0.2) is 5.43 Å². The summed E-state index contributed by atoms with van der Waals surface area (Å²) in [5, 5.41) is 9.02. The van der Waals surface area contributed by atoms with Crippen molar-refractivity contribution in [2.24, 2.45) is 5.10 Å². The Hall–Kier alpha value is -4.24. The third-order valence-electron chi connectivity index (χ3n) is 4.36. The highest BCUT2D eigenvalue weighted by Gasteiger charge is 2.18. The van der Waals surface area contributed by atoms with Gasteiger partial charge >= 0.3 is 11.8 Å². The number of para-hydroxylation sites is 2. The summed E-state index contributed by atoms with van der Waals surface area (Å²) >= 11 is 3.36. The summed E-state index contributed by atoms with van der Waals surface area (Å²) in [6, 6.07) is 20.5. The first-order valence-electron chi connectivity index (χ1n) is 10.1. The number of hydrogen-bond acceptors (Lipinski definition) is 5. The molecular weight excluding hydrogens is 500 g/mol. The number of ether oxygens (including phenoxy) is 1. The molecule has 9 heteroatoms. The summed E-state index contributed by atoms with van der Waals surface area (Å²) in [7, 11) is 0. The van der Waals surface area contributed by atoms with Crippen LogP contribution >= 0.6 is 15.9 Å². The largest absolute Gasteiger partial charge is 0.489 e. The lowest BCUT2D eigenvalue weighted by atomic mass is 10.1. The highest BCUT2D eigenvalue weighted by atomic mass is 79.9. The van der Waals surface area contributed by atoms with Crippen molar-refractivity contribution in [2.75, 3.05) is 17.2 Å². The van der Waals surface area contributed by atoms with Crippen LogP contribution in [-0.2, 0) is 9.59 Å². The van der Waals surface area contributed by atoms with Crippen LogP contribution in [0.5, 0.6) is 5.75 Å². The van der Waals surface area contributed by atoms with E-state index >= 15 is 0 Å². The number of rotatable bonds is 8. The molecule has 3 N–H and O–H groups in total. The minimum Gasteiger partial charge on any atom is -0.489 e. The molecule has 34 heavy (non-hydrogen) atoms. The number of anilines is 2. The number of halogens is 1. The molecule has 0 heterocycles. The van der Waals surface area contributed by atoms with E-state index < -0.39 is 17.7 Å². The number of hydrogen-bond donors (Lipinski definition) is 3. The standard InChI is InChI=1S/C25H21BrN4O4/c1-2-14-34-22-13-12-18(26)15-17(22)16-27-30-25(33)24(32)29-21-11-7-6-10-20(21)23(31)28-19-8-4-3-5-9-19/h2-13,15-16H,1,14H2,(H,28,31)(H,29,32)(H,30,33)/b27-16+. The number of nitrogens with one attached hydrogen (secondary N) is 3. The van der Waals surface area contributed by atoms with Crippen LogP contribution in [0.2, 0.25) is 0 Å². The first-order chi connectivity index (χ1) is 16.5. The van der Waals surface area contributed by atoms with Gasteiger partial charge in [-0.1, -0.05) is 58.9 Å². The molecule has 0 atom stereocenters. The molecule has 3 amide bonds. The van der Waals surface area contributed by atoms with E-state index in [0.29, 0.717) is 23.6 Å². The minimum atomic E-state index is -1.00. The molecule has 0 spiro atoms. The van der Waals surface area contributed by atoms with E-state index in [1.165, 1.54) is 12.3 Å². The van der Waals surface area contributed by atoms with Gasteiger partial charge in [0.05, 0.1) is 17.5 Å². The summed E-state index contributed by atoms with van der Waals surface area (Å²) in [6.45, 7) is 3.91. The topological polar surface area (TPSA) is 109 Å². The van der Waals surface area contributed by atoms with Crippen LogP contribution in [0.25, 0.3) is 0 Å². The first-order valence-corrected chi connectivity index (χ1v) is 10.9. The summed E-state index contributed by atoms with van der Waals surface area (Å²) in [5.74, 6) is -1.88. The van der Waals surface area contributed by atoms with Crippen LogP contribution in [0.15, 0.2) is 95.0 Å². The average Bonchev–Trinajstić information content (AvgIpc) is 2.84. The number of hydrazone groups is 1. The van der Waals surface area contributed by atoms with Gasteiger partial charge in [0.1, 0.15) is 12.4 Å². The van der Waals surface area contributed by atoms with Crippen molar-refractivity contribution in [3.05, 3.63) is 101 Å². The molecule has 3 aromatic rings. The third kappa shape index (κ3) is 6.88. The maximum absolute atomic E-state index is 12.6. The fourth-order valence-electron chi connectivity index (χ4n) is 2.80. The van der Waals surface area contributed by atoms with Gasteiger partial charge in [-0.15, -0.1) is 0 Å². The molecular formula is C25H21BrN4O4. The van der Waals surface area contributed by atoms with Gasteiger partial charge < -0.3 is 15.4 Å². The fraction of sp³-hybridized carbons (Fsp3) is 0.0400. The first kappa shape index (κ1) is 24.4. The molecule has 0 bridgehead atoms. The Kier molecular flexibility index (Phi) is 8.70. The summed E-state index contributed by atoms with van der Waals surface area (Å²) in [4.78, 5) is 37.3. The second-order valence-electron chi connectivity index (χ2n) is 6.80. The SMILES string of the molecule is C=CCOc1ccc(Br)cc1/C=N/NC(=O)C(=O)Nc1ccccc1C(=O)Nc1ccccc1. The number of nitrogens with zero attached hydrogens (tertiary/aromatic N) is 1. The normalized spacial score (nSPS) is 10.4. The van der Waals surface area contributed by atoms with Crippen LogP contribution in [0.1, 0.15) is 15.9 Å². The van der Waals surface area contributed by atoms with Crippen molar-refractivity contribution in [3.63, 3.8) is 0 Å². The lowest BCUT2D eigenvalue weighted by molar-refractivity contribution is -0.136. The predicted octanol–water partition coefficient (Wildman–Crippen LogP) is 4.36. The minimum absolute atomic E-state index is 0.187. The third-order valence-corrected chi connectivity index (χ3v) is 4.85. The summed E-state index contributed by atoms with van der Waals surface area (Å²) in [6.07, 6.45) is 2.96. The number of amides is 3. The zero-order chi connectivity index (χ0) is 24.3. The van der Waals surface area contributed by atoms with E-state index in [9.17, 15) is 14.4 Å². The van der Waals surface area contributed by atoms with Gasteiger partial charge in [0.25, 0.3) is 5.91 Å². The van der Waals surface area contributed by atoms with E-state index in [4.69, 9.17) is 4.74 Å². The van der Waals surface area contributed by atoms with Crippen LogP contribution < -0.4 is 20.8 Å². The quantitative estimate of drug-likeness (QED) is 0.177. The lowest BCUT2D eigenvalue weighted by Gasteiger charge is -2.11. The van der Waals surface area contributed by atoms with E-state index in [2.05, 4.69) is 43.7 Å². The zero-order valence-electron chi connectivity index (χ0n) is 18.0. The van der Waals surface area contributed by atoms with Gasteiger partial charge in [0, 0.05) is 15.7 Å². The Balaban J connectivity index is 1.65. The van der Waals surface area contributed by atoms with Crippen molar-refractivity contribution >= 4 is 51.2 Å². The molecule has 0 aliphatic heterocycles. The van der Waals surface area contributed by atoms with Crippen molar-refractivity contribution in [2.45, 2.75) is 0 Å². The summed E-state index contributed by atoms with van der Waals surface area (Å²) in [5.41, 5.74) is 3.74. The van der Waals surface area contributed by atoms with E-state index in [1.54, 1.807) is 66.7 Å². The van der Waals surface area contributed by atoms with Gasteiger partial charge in [-0.3, -0.25) is 14.4 Å². The van der Waals surface area contributed by atoms with Crippen molar-refractivity contribution in [1.82, 2.24) is 5.43 Å². The van der Waals surface area contributed by atoms with Crippen LogP contribution in [0, 0.1) is 0 Å². The lowest BCUT2D eigenvalue weighted by Crippen LogP contribution is -2.33. The molecule has 3 rings (SSSR count). The number of carbonyl (C=O) groups is 3. The molecule has 0 radical (unpaired) electrons. The van der Waals surface area contributed by atoms with Crippen LogP contribution in [0.4, 0.5) is 11.4 Å². The number of carbonyl (C=O) groups excluding carboxylic acids is 3. The Bertz CT molecular complexity index is 1230. The van der Waals surface area contributed by atoms with Gasteiger partial charge in [0.15, 0.2) is 0 Å². The highest BCUT2D eigenvalue weighted by molar-refractivity contribution is 9.10. The van der Waals surface area contributed by atoms with Gasteiger partial charge in [-0.05, 0) is 42.5 Å². The van der Waals surface area contributed by atoms with Crippen molar-refractivity contribution < 1.29 is 19.1 Å². The summed E-state index contributed by atoms with van der Waals surface area (Å²) < 4.78 is 6.33. The van der Waals surface area contributed by atoms with Crippen molar-refractivity contribution in [1.29, 1.82) is 0 Å². The van der Waals surface area contributed by atoms with Gasteiger partial charge in [0.2, 0.25) is 0 Å². The molecule has 3 aromatic carbocycles. The monoisotopic (exact) mass is 520 g/mol. The van der Waals surface area contributed by atoms with E-state index in [0.717, 1.165) is 4.47 Å².